The van der Waals surface area contributed by atoms with Gasteiger partial charge in [0.1, 0.15) is 11.4 Å². The number of allylic oxidation sites excluding steroid dienone is 1. The van der Waals surface area contributed by atoms with Gasteiger partial charge < -0.3 is 14.9 Å². The van der Waals surface area contributed by atoms with Crippen LogP contribution in [0.1, 0.15) is 20.3 Å². The number of carboxylic acids is 2. The monoisotopic (exact) mass is 254 g/mol. The Labute approximate surface area is 104 Å². The summed E-state index contributed by atoms with van der Waals surface area (Å²) in [5, 5.41) is 18.5. The number of carbonyl (C=O) groups is 2. The molecule has 1 aliphatic carbocycles. The summed E-state index contributed by atoms with van der Waals surface area (Å²) >= 11 is 0. The van der Waals surface area contributed by atoms with Crippen molar-refractivity contribution in [2.75, 3.05) is 6.61 Å². The molecule has 1 aliphatic rings. The molecule has 0 saturated carbocycles. The van der Waals surface area contributed by atoms with E-state index in [-0.39, 0.29) is 13.0 Å². The van der Waals surface area contributed by atoms with Crippen LogP contribution in [0.2, 0.25) is 0 Å². The predicted octanol–water partition coefficient (Wildman–Crippen LogP) is 0.655. The molecule has 0 aliphatic heterocycles. The second-order valence-electron chi connectivity index (χ2n) is 4.19. The van der Waals surface area contributed by atoms with E-state index in [2.05, 4.69) is 0 Å². The van der Waals surface area contributed by atoms with Crippen molar-refractivity contribution in [3.63, 3.8) is 0 Å². The lowest BCUT2D eigenvalue weighted by molar-refractivity contribution is -0.159. The van der Waals surface area contributed by atoms with Gasteiger partial charge in [-0.25, -0.2) is 9.59 Å². The van der Waals surface area contributed by atoms with E-state index < -0.39 is 28.5 Å². The Bertz CT molecular complexity index is 459. The molecular formula is C12H14O6. The molecule has 6 nitrogen and oxygen atoms in total. The fourth-order valence-corrected chi connectivity index (χ4v) is 2.03. The Balaban J connectivity index is 3.50. The Morgan fingerprint density at radius 1 is 1.44 bits per heavy atom. The van der Waals surface area contributed by atoms with Crippen LogP contribution in [0, 0.1) is 5.41 Å². The van der Waals surface area contributed by atoms with Crippen molar-refractivity contribution < 1.29 is 29.3 Å². The average molecular weight is 254 g/mol. The Kier molecular flexibility index (Phi) is 3.74. The fourth-order valence-electron chi connectivity index (χ4n) is 2.03. The molecule has 0 aromatic heterocycles. The molecule has 6 heteroatoms. The van der Waals surface area contributed by atoms with E-state index in [0.29, 0.717) is 0 Å². The molecule has 1 rings (SSSR count). The van der Waals surface area contributed by atoms with Gasteiger partial charge >= 0.3 is 11.9 Å². The first-order chi connectivity index (χ1) is 8.35. The Morgan fingerprint density at radius 2 is 2.06 bits per heavy atom. The lowest BCUT2D eigenvalue weighted by Gasteiger charge is -2.38. The van der Waals surface area contributed by atoms with Crippen molar-refractivity contribution in [2.24, 2.45) is 5.41 Å². The van der Waals surface area contributed by atoms with Crippen molar-refractivity contribution in [1.82, 2.24) is 0 Å². The van der Waals surface area contributed by atoms with Gasteiger partial charge in [0, 0.05) is 6.61 Å². The molecule has 0 heterocycles. The van der Waals surface area contributed by atoms with Gasteiger partial charge in [0.25, 0.3) is 0 Å². The van der Waals surface area contributed by atoms with Gasteiger partial charge in [-0.2, -0.15) is 0 Å². The first-order valence-electron chi connectivity index (χ1n) is 5.39. The summed E-state index contributed by atoms with van der Waals surface area (Å²) in [5.41, 5.74) is -4.08. The van der Waals surface area contributed by atoms with Gasteiger partial charge in [0.15, 0.2) is 0 Å². The topological polar surface area (TPSA) is 101 Å². The second kappa shape index (κ2) is 4.76. The molecule has 0 saturated heterocycles. The zero-order chi connectivity index (χ0) is 14.0. The lowest BCUT2D eigenvalue weighted by atomic mass is 9.68. The van der Waals surface area contributed by atoms with Gasteiger partial charge in [0.2, 0.25) is 5.60 Å². The van der Waals surface area contributed by atoms with E-state index in [0.717, 1.165) is 0 Å². The zero-order valence-corrected chi connectivity index (χ0v) is 10.1. The highest BCUT2D eigenvalue weighted by molar-refractivity contribution is 5.94. The second-order valence-corrected chi connectivity index (χ2v) is 4.19. The molecule has 0 aromatic carbocycles. The molecule has 18 heavy (non-hydrogen) atoms. The van der Waals surface area contributed by atoms with Gasteiger partial charge in [-0.3, -0.25) is 4.79 Å². The number of hydrogen-bond donors (Lipinski definition) is 2. The third-order valence-electron chi connectivity index (χ3n) is 3.07. The van der Waals surface area contributed by atoms with Crippen LogP contribution in [0.25, 0.3) is 0 Å². The zero-order valence-electron chi connectivity index (χ0n) is 10.1. The van der Waals surface area contributed by atoms with Crippen molar-refractivity contribution in [1.29, 1.82) is 0 Å². The number of carboxylic acid groups (broad SMARTS) is 2. The van der Waals surface area contributed by atoms with Crippen LogP contribution in [0.15, 0.2) is 17.7 Å². The van der Waals surface area contributed by atoms with Crippen molar-refractivity contribution in [3.05, 3.63) is 17.7 Å². The third-order valence-corrected chi connectivity index (χ3v) is 3.07. The number of aliphatic carboxylic acids is 2. The highest BCUT2D eigenvalue weighted by Crippen LogP contribution is 2.43. The largest absolute Gasteiger partial charge is 0.481 e. The predicted molar refractivity (Wildman–Crippen MR) is 60.7 cm³/mol. The molecule has 2 atom stereocenters. The molecule has 0 fully saturated rings. The Morgan fingerprint density at radius 3 is 2.44 bits per heavy atom. The van der Waals surface area contributed by atoms with Gasteiger partial charge in [0.05, 0.1) is 5.57 Å². The molecule has 2 unspecified atom stereocenters. The van der Waals surface area contributed by atoms with Crippen molar-refractivity contribution >= 4 is 17.9 Å². The summed E-state index contributed by atoms with van der Waals surface area (Å²) in [5.74, 6) is -1.25. The molecule has 0 radical (unpaired) electrons. The van der Waals surface area contributed by atoms with Crippen molar-refractivity contribution in [2.45, 2.75) is 25.9 Å². The summed E-state index contributed by atoms with van der Waals surface area (Å²) in [6.45, 7) is 2.88. The van der Waals surface area contributed by atoms with Crippen molar-refractivity contribution in [3.8, 4) is 0 Å². The van der Waals surface area contributed by atoms with E-state index >= 15 is 0 Å². The SMILES string of the molecule is CCOC1(C(=O)O)C=CCC(C)(C(=O)O)C1=C=O. The third kappa shape index (κ3) is 1.85. The van der Waals surface area contributed by atoms with Gasteiger partial charge in [-0.1, -0.05) is 6.08 Å². The van der Waals surface area contributed by atoms with E-state index in [4.69, 9.17) is 4.74 Å². The van der Waals surface area contributed by atoms with E-state index in [9.17, 15) is 24.6 Å². The van der Waals surface area contributed by atoms with E-state index in [1.165, 1.54) is 25.0 Å². The molecule has 0 aromatic rings. The van der Waals surface area contributed by atoms with Crippen LogP contribution in [0.3, 0.4) is 0 Å². The summed E-state index contributed by atoms with van der Waals surface area (Å²) < 4.78 is 5.13. The molecule has 98 valence electrons. The highest BCUT2D eigenvalue weighted by Gasteiger charge is 2.55. The average Bonchev–Trinajstić information content (AvgIpc) is 2.29. The maximum Gasteiger partial charge on any atom is 0.345 e. The summed E-state index contributed by atoms with van der Waals surface area (Å²) in [7, 11) is 0. The number of carbonyl (C=O) groups excluding carboxylic acids is 1. The minimum absolute atomic E-state index is 0.0228. The van der Waals surface area contributed by atoms with Crippen LogP contribution < -0.4 is 0 Å². The van der Waals surface area contributed by atoms with Crippen LogP contribution in [0.4, 0.5) is 0 Å². The normalized spacial score (nSPS) is 30.9. The van der Waals surface area contributed by atoms with E-state index in [1.54, 1.807) is 6.92 Å². The number of hydrogen-bond acceptors (Lipinski definition) is 4. The Hall–Kier alpha value is -1.91. The first kappa shape index (κ1) is 14.2. The van der Waals surface area contributed by atoms with Crippen LogP contribution in [-0.2, 0) is 19.1 Å². The number of ether oxygens (including phenoxy) is 1. The van der Waals surface area contributed by atoms with E-state index in [1.807, 2.05) is 0 Å². The van der Waals surface area contributed by atoms with Crippen LogP contribution in [-0.4, -0.2) is 40.3 Å². The molecule has 0 bridgehead atoms. The van der Waals surface area contributed by atoms with Crippen LogP contribution in [0.5, 0.6) is 0 Å². The van der Waals surface area contributed by atoms with Gasteiger partial charge in [-0.15, -0.1) is 0 Å². The highest BCUT2D eigenvalue weighted by atomic mass is 16.5. The number of rotatable bonds is 4. The molecule has 0 spiro atoms. The van der Waals surface area contributed by atoms with Crippen LogP contribution >= 0.6 is 0 Å². The summed E-state index contributed by atoms with van der Waals surface area (Å²) in [6, 6.07) is 0. The maximum absolute atomic E-state index is 11.4. The molecule has 2 N–H and O–H groups in total. The minimum Gasteiger partial charge on any atom is -0.481 e. The lowest BCUT2D eigenvalue weighted by Crippen LogP contribution is -2.51. The first-order valence-corrected chi connectivity index (χ1v) is 5.39. The quantitative estimate of drug-likeness (QED) is 0.564. The molecular weight excluding hydrogens is 240 g/mol. The summed E-state index contributed by atoms with van der Waals surface area (Å²) in [4.78, 5) is 33.7. The smallest absolute Gasteiger partial charge is 0.345 e. The van der Waals surface area contributed by atoms with Gasteiger partial charge in [-0.05, 0) is 26.3 Å². The molecule has 0 amide bonds. The maximum atomic E-state index is 11.4. The fraction of sp³-hybridized carbons (Fsp3) is 0.500. The standard InChI is InChI=1S/C12H14O6/c1-3-18-12(10(16)17)6-4-5-11(2,9(14)15)8(12)7-13/h4,6H,3,5H2,1-2H3,(H,14,15)(H,16,17). The summed E-state index contributed by atoms with van der Waals surface area (Å²) in [6.07, 6.45) is 2.62. The minimum atomic E-state index is -2.04.